The largest absolute Gasteiger partial charge is 0.494 e. The minimum absolute atomic E-state index is 0.154. The first-order valence-electron chi connectivity index (χ1n) is 6.21. The monoisotopic (exact) mass is 254 g/mol. The highest BCUT2D eigenvalue weighted by molar-refractivity contribution is 5.35. The van der Waals surface area contributed by atoms with Gasteiger partial charge in [-0.3, -0.25) is 0 Å². The van der Waals surface area contributed by atoms with Crippen molar-refractivity contribution in [2.45, 2.75) is 37.4 Å². The Hall–Kier alpha value is -1.13. The van der Waals surface area contributed by atoms with E-state index in [-0.39, 0.29) is 17.4 Å². The molecule has 0 bridgehead atoms. The second-order valence-corrected chi connectivity index (χ2v) is 4.72. The van der Waals surface area contributed by atoms with E-state index in [9.17, 15) is 9.50 Å². The molecule has 0 radical (unpaired) electrons. The normalized spacial score (nSPS) is 28.1. The molecule has 2 atom stereocenters. The van der Waals surface area contributed by atoms with Gasteiger partial charge in [-0.2, -0.15) is 0 Å². The maximum absolute atomic E-state index is 14.3. The van der Waals surface area contributed by atoms with Crippen LogP contribution in [-0.2, 0) is 10.3 Å². The van der Waals surface area contributed by atoms with Crippen LogP contribution in [0.3, 0.4) is 0 Å². The van der Waals surface area contributed by atoms with Gasteiger partial charge in [0.05, 0.1) is 13.2 Å². The van der Waals surface area contributed by atoms with Crippen molar-refractivity contribution in [1.29, 1.82) is 0 Å². The third kappa shape index (κ3) is 2.10. The topological polar surface area (TPSA) is 38.7 Å². The predicted molar refractivity (Wildman–Crippen MR) is 66.1 cm³/mol. The van der Waals surface area contributed by atoms with Crippen molar-refractivity contribution >= 4 is 0 Å². The molecular formula is C14H19FO3. The quantitative estimate of drug-likeness (QED) is 0.901. The minimum atomic E-state index is -1.26. The minimum Gasteiger partial charge on any atom is -0.494 e. The fraction of sp³-hybridized carbons (Fsp3) is 0.571. The molecule has 1 aliphatic rings. The highest BCUT2D eigenvalue weighted by Gasteiger charge is 2.43. The van der Waals surface area contributed by atoms with Crippen LogP contribution in [0.2, 0.25) is 0 Å². The lowest BCUT2D eigenvalue weighted by Gasteiger charge is -2.39. The van der Waals surface area contributed by atoms with Crippen LogP contribution in [0, 0.1) is 5.82 Å². The van der Waals surface area contributed by atoms with Crippen LogP contribution in [0.25, 0.3) is 0 Å². The van der Waals surface area contributed by atoms with Crippen molar-refractivity contribution in [2.75, 3.05) is 14.2 Å². The van der Waals surface area contributed by atoms with Crippen LogP contribution < -0.4 is 4.74 Å². The molecule has 2 rings (SSSR count). The van der Waals surface area contributed by atoms with Gasteiger partial charge in [-0.25, -0.2) is 4.39 Å². The van der Waals surface area contributed by atoms with E-state index in [1.807, 2.05) is 0 Å². The molecule has 0 aromatic heterocycles. The molecule has 0 saturated heterocycles. The molecule has 1 aromatic carbocycles. The molecule has 2 unspecified atom stereocenters. The Morgan fingerprint density at radius 2 is 2.11 bits per heavy atom. The van der Waals surface area contributed by atoms with Crippen molar-refractivity contribution < 1.29 is 19.0 Å². The van der Waals surface area contributed by atoms with Crippen LogP contribution in [0.15, 0.2) is 18.2 Å². The first-order valence-corrected chi connectivity index (χ1v) is 6.21. The van der Waals surface area contributed by atoms with Crippen LogP contribution >= 0.6 is 0 Å². The zero-order valence-corrected chi connectivity index (χ0v) is 10.8. The van der Waals surface area contributed by atoms with E-state index < -0.39 is 11.4 Å². The maximum Gasteiger partial charge on any atom is 0.171 e. The van der Waals surface area contributed by atoms with Gasteiger partial charge in [0.25, 0.3) is 0 Å². The molecule has 0 amide bonds. The SMILES string of the molecule is COc1cccc(C2(O)CCCCC2OC)c1F. The van der Waals surface area contributed by atoms with E-state index >= 15 is 0 Å². The van der Waals surface area contributed by atoms with Gasteiger partial charge in [0, 0.05) is 12.7 Å². The van der Waals surface area contributed by atoms with Crippen molar-refractivity contribution in [3.05, 3.63) is 29.6 Å². The standard InChI is InChI=1S/C14H19FO3/c1-17-11-7-5-6-10(13(11)15)14(16)9-4-3-8-12(14)18-2/h5-7,12,16H,3-4,8-9H2,1-2H3. The van der Waals surface area contributed by atoms with Gasteiger partial charge in [-0.15, -0.1) is 0 Å². The summed E-state index contributed by atoms with van der Waals surface area (Å²) in [5.74, 6) is -0.340. The van der Waals surface area contributed by atoms with Gasteiger partial charge in [0.1, 0.15) is 5.60 Å². The Labute approximate surface area is 107 Å². The molecule has 1 saturated carbocycles. The summed E-state index contributed by atoms with van der Waals surface area (Å²) in [5, 5.41) is 10.8. The molecule has 1 fully saturated rings. The zero-order valence-electron chi connectivity index (χ0n) is 10.8. The van der Waals surface area contributed by atoms with Gasteiger partial charge >= 0.3 is 0 Å². The summed E-state index contributed by atoms with van der Waals surface area (Å²) in [6.07, 6.45) is 2.74. The molecule has 100 valence electrons. The summed E-state index contributed by atoms with van der Waals surface area (Å²) in [4.78, 5) is 0. The molecule has 1 aliphatic carbocycles. The van der Waals surface area contributed by atoms with E-state index in [0.29, 0.717) is 6.42 Å². The van der Waals surface area contributed by atoms with Gasteiger partial charge in [-0.05, 0) is 18.9 Å². The Bertz CT molecular complexity index is 422. The van der Waals surface area contributed by atoms with E-state index in [4.69, 9.17) is 9.47 Å². The van der Waals surface area contributed by atoms with Gasteiger partial charge < -0.3 is 14.6 Å². The molecule has 0 heterocycles. The van der Waals surface area contributed by atoms with E-state index in [0.717, 1.165) is 19.3 Å². The number of ether oxygens (including phenoxy) is 2. The molecule has 18 heavy (non-hydrogen) atoms. The summed E-state index contributed by atoms with van der Waals surface area (Å²) in [6, 6.07) is 4.85. The number of halogens is 1. The third-order valence-electron chi connectivity index (χ3n) is 3.74. The lowest BCUT2D eigenvalue weighted by molar-refractivity contribution is -0.124. The van der Waals surface area contributed by atoms with E-state index in [1.165, 1.54) is 7.11 Å². The molecule has 3 nitrogen and oxygen atoms in total. The van der Waals surface area contributed by atoms with Gasteiger partial charge in [0.15, 0.2) is 11.6 Å². The summed E-state index contributed by atoms with van der Waals surface area (Å²) >= 11 is 0. The third-order valence-corrected chi connectivity index (χ3v) is 3.74. The number of hydrogen-bond acceptors (Lipinski definition) is 3. The number of aliphatic hydroxyl groups is 1. The summed E-state index contributed by atoms with van der Waals surface area (Å²) in [5.41, 5.74) is -0.987. The predicted octanol–water partition coefficient (Wildman–Crippen LogP) is 2.61. The smallest absolute Gasteiger partial charge is 0.171 e. The Balaban J connectivity index is 2.45. The molecular weight excluding hydrogens is 235 g/mol. The van der Waals surface area contributed by atoms with Crippen molar-refractivity contribution in [3.63, 3.8) is 0 Å². The van der Waals surface area contributed by atoms with Crippen molar-refractivity contribution in [2.24, 2.45) is 0 Å². The average Bonchev–Trinajstić information content (AvgIpc) is 2.39. The second-order valence-electron chi connectivity index (χ2n) is 4.72. The van der Waals surface area contributed by atoms with Gasteiger partial charge in [0.2, 0.25) is 0 Å². The summed E-state index contributed by atoms with van der Waals surface area (Å²) in [6.45, 7) is 0. The molecule has 4 heteroatoms. The highest BCUT2D eigenvalue weighted by Crippen LogP contribution is 2.41. The van der Waals surface area contributed by atoms with E-state index in [1.54, 1.807) is 25.3 Å². The molecule has 1 N–H and O–H groups in total. The summed E-state index contributed by atoms with van der Waals surface area (Å²) < 4.78 is 24.6. The number of rotatable bonds is 3. The molecule has 1 aromatic rings. The second kappa shape index (κ2) is 5.24. The van der Waals surface area contributed by atoms with Crippen LogP contribution in [0.4, 0.5) is 4.39 Å². The maximum atomic E-state index is 14.3. The van der Waals surface area contributed by atoms with Crippen LogP contribution in [0.5, 0.6) is 5.75 Å². The lowest BCUT2D eigenvalue weighted by Crippen LogP contribution is -2.44. The van der Waals surface area contributed by atoms with Crippen molar-refractivity contribution in [3.8, 4) is 5.75 Å². The highest BCUT2D eigenvalue weighted by atomic mass is 19.1. The van der Waals surface area contributed by atoms with E-state index in [2.05, 4.69) is 0 Å². The van der Waals surface area contributed by atoms with Gasteiger partial charge in [-0.1, -0.05) is 25.0 Å². The first kappa shape index (κ1) is 13.3. The number of hydrogen-bond donors (Lipinski definition) is 1. The Kier molecular flexibility index (Phi) is 3.88. The van der Waals surface area contributed by atoms with Crippen LogP contribution in [-0.4, -0.2) is 25.4 Å². The molecule has 0 spiro atoms. The Morgan fingerprint density at radius 1 is 1.33 bits per heavy atom. The Morgan fingerprint density at radius 3 is 2.78 bits per heavy atom. The fourth-order valence-electron chi connectivity index (χ4n) is 2.75. The number of methoxy groups -OCH3 is 2. The average molecular weight is 254 g/mol. The zero-order chi connectivity index (χ0) is 13.2. The number of benzene rings is 1. The fourth-order valence-corrected chi connectivity index (χ4v) is 2.75. The summed E-state index contributed by atoms with van der Waals surface area (Å²) in [7, 11) is 2.97. The molecule has 0 aliphatic heterocycles. The van der Waals surface area contributed by atoms with Crippen molar-refractivity contribution in [1.82, 2.24) is 0 Å². The lowest BCUT2D eigenvalue weighted by atomic mass is 9.77. The van der Waals surface area contributed by atoms with Crippen LogP contribution in [0.1, 0.15) is 31.2 Å². The first-order chi connectivity index (χ1) is 8.63.